The lowest BCUT2D eigenvalue weighted by Crippen LogP contribution is -2.38. The molecule has 1 aromatic rings. The minimum atomic E-state index is 0.141. The van der Waals surface area contributed by atoms with Gasteiger partial charge in [-0.25, -0.2) is 0 Å². The fraction of sp³-hybridized carbons (Fsp3) is 0.562. The predicted molar refractivity (Wildman–Crippen MR) is 73.6 cm³/mol. The average molecular weight is 259 g/mol. The Bertz CT molecular complexity index is 441. The Morgan fingerprint density at radius 2 is 2.05 bits per heavy atom. The van der Waals surface area contributed by atoms with E-state index in [2.05, 4.69) is 17.4 Å². The standard InChI is InChI=1S/C16H21NO2/c18-9-8-15(12-6-7-12)17-16(19)14-10-13(14)11-4-2-1-3-5-11/h1-5,12-15,18H,6-10H2,(H,17,19). The summed E-state index contributed by atoms with van der Waals surface area (Å²) in [5, 5.41) is 12.2. The van der Waals surface area contributed by atoms with Crippen LogP contribution >= 0.6 is 0 Å². The van der Waals surface area contributed by atoms with E-state index in [-0.39, 0.29) is 24.5 Å². The first-order valence-electron chi connectivity index (χ1n) is 7.25. The van der Waals surface area contributed by atoms with Crippen molar-refractivity contribution in [2.45, 2.75) is 37.6 Å². The molecular formula is C16H21NO2. The van der Waals surface area contributed by atoms with E-state index in [9.17, 15) is 4.79 Å². The van der Waals surface area contributed by atoms with Gasteiger partial charge in [-0.2, -0.15) is 0 Å². The maximum absolute atomic E-state index is 12.2. The number of carbonyl (C=O) groups excluding carboxylic acids is 1. The van der Waals surface area contributed by atoms with Crippen LogP contribution in [0.1, 0.15) is 37.2 Å². The smallest absolute Gasteiger partial charge is 0.223 e. The van der Waals surface area contributed by atoms with Gasteiger partial charge < -0.3 is 10.4 Å². The van der Waals surface area contributed by atoms with E-state index in [1.54, 1.807) is 0 Å². The number of aliphatic hydroxyl groups excluding tert-OH is 1. The highest BCUT2D eigenvalue weighted by Crippen LogP contribution is 2.47. The van der Waals surface area contributed by atoms with E-state index < -0.39 is 0 Å². The van der Waals surface area contributed by atoms with Crippen molar-refractivity contribution in [3.63, 3.8) is 0 Å². The lowest BCUT2D eigenvalue weighted by molar-refractivity contribution is -0.123. The van der Waals surface area contributed by atoms with Gasteiger partial charge in [0.05, 0.1) is 0 Å². The van der Waals surface area contributed by atoms with Gasteiger partial charge in [0.25, 0.3) is 0 Å². The largest absolute Gasteiger partial charge is 0.396 e. The molecule has 2 aliphatic rings. The van der Waals surface area contributed by atoms with Crippen LogP contribution in [0.25, 0.3) is 0 Å². The highest BCUT2D eigenvalue weighted by molar-refractivity contribution is 5.83. The van der Waals surface area contributed by atoms with Crippen molar-refractivity contribution in [3.05, 3.63) is 35.9 Å². The molecule has 2 saturated carbocycles. The number of amides is 1. The molecule has 3 nitrogen and oxygen atoms in total. The van der Waals surface area contributed by atoms with Gasteiger partial charge in [-0.1, -0.05) is 30.3 Å². The van der Waals surface area contributed by atoms with Crippen molar-refractivity contribution < 1.29 is 9.90 Å². The molecule has 102 valence electrons. The molecular weight excluding hydrogens is 238 g/mol. The number of aliphatic hydroxyl groups is 1. The molecule has 0 spiro atoms. The monoisotopic (exact) mass is 259 g/mol. The van der Waals surface area contributed by atoms with E-state index in [0.717, 1.165) is 6.42 Å². The lowest BCUT2D eigenvalue weighted by Gasteiger charge is -2.17. The van der Waals surface area contributed by atoms with Crippen LogP contribution in [0.5, 0.6) is 0 Å². The molecule has 0 radical (unpaired) electrons. The van der Waals surface area contributed by atoms with Crippen LogP contribution in [-0.2, 0) is 4.79 Å². The highest BCUT2D eigenvalue weighted by atomic mass is 16.3. The molecule has 19 heavy (non-hydrogen) atoms. The molecule has 2 fully saturated rings. The highest BCUT2D eigenvalue weighted by Gasteiger charge is 2.45. The fourth-order valence-electron chi connectivity index (χ4n) is 2.91. The first-order valence-corrected chi connectivity index (χ1v) is 7.25. The summed E-state index contributed by atoms with van der Waals surface area (Å²) in [7, 11) is 0. The third-order valence-electron chi connectivity index (χ3n) is 4.31. The SMILES string of the molecule is O=C(NC(CCO)C1CC1)C1CC1c1ccccc1. The maximum Gasteiger partial charge on any atom is 0.223 e. The summed E-state index contributed by atoms with van der Waals surface area (Å²) < 4.78 is 0. The summed E-state index contributed by atoms with van der Waals surface area (Å²) in [5.41, 5.74) is 1.27. The van der Waals surface area contributed by atoms with E-state index in [4.69, 9.17) is 5.11 Å². The van der Waals surface area contributed by atoms with E-state index in [1.807, 2.05) is 18.2 Å². The Morgan fingerprint density at radius 3 is 2.68 bits per heavy atom. The second-order valence-electron chi connectivity index (χ2n) is 5.82. The zero-order valence-corrected chi connectivity index (χ0v) is 11.1. The van der Waals surface area contributed by atoms with Crippen molar-refractivity contribution in [1.82, 2.24) is 5.32 Å². The Hall–Kier alpha value is -1.35. The third-order valence-corrected chi connectivity index (χ3v) is 4.31. The Labute approximate surface area is 114 Å². The molecule has 3 heteroatoms. The van der Waals surface area contributed by atoms with Crippen molar-refractivity contribution in [1.29, 1.82) is 0 Å². The zero-order chi connectivity index (χ0) is 13.2. The average Bonchev–Trinajstić information content (AvgIpc) is 3.30. The Morgan fingerprint density at radius 1 is 1.32 bits per heavy atom. The number of benzene rings is 1. The van der Waals surface area contributed by atoms with E-state index >= 15 is 0 Å². The topological polar surface area (TPSA) is 49.3 Å². The molecule has 2 N–H and O–H groups in total. The van der Waals surface area contributed by atoms with Crippen LogP contribution in [0.3, 0.4) is 0 Å². The molecule has 0 bridgehead atoms. The first-order chi connectivity index (χ1) is 9.29. The second-order valence-corrected chi connectivity index (χ2v) is 5.82. The van der Waals surface area contributed by atoms with E-state index in [0.29, 0.717) is 18.3 Å². The van der Waals surface area contributed by atoms with Gasteiger partial charge in [-0.05, 0) is 43.1 Å². The predicted octanol–water partition coefficient (Wildman–Crippen LogP) is 2.07. The Kier molecular flexibility index (Phi) is 3.56. The van der Waals surface area contributed by atoms with Crippen molar-refractivity contribution in [3.8, 4) is 0 Å². The van der Waals surface area contributed by atoms with Gasteiger partial charge >= 0.3 is 0 Å². The van der Waals surface area contributed by atoms with Crippen LogP contribution in [-0.4, -0.2) is 23.7 Å². The van der Waals surface area contributed by atoms with Gasteiger partial charge in [0.2, 0.25) is 5.91 Å². The number of hydrogen-bond acceptors (Lipinski definition) is 2. The van der Waals surface area contributed by atoms with Gasteiger partial charge in [0.1, 0.15) is 0 Å². The summed E-state index contributed by atoms with van der Waals surface area (Å²) >= 11 is 0. The van der Waals surface area contributed by atoms with Crippen LogP contribution in [0.2, 0.25) is 0 Å². The van der Waals surface area contributed by atoms with Crippen LogP contribution in [0, 0.1) is 11.8 Å². The van der Waals surface area contributed by atoms with E-state index in [1.165, 1.54) is 18.4 Å². The van der Waals surface area contributed by atoms with Crippen molar-refractivity contribution in [2.24, 2.45) is 11.8 Å². The molecule has 1 amide bonds. The van der Waals surface area contributed by atoms with Crippen LogP contribution < -0.4 is 5.32 Å². The molecule has 0 saturated heterocycles. The summed E-state index contributed by atoms with van der Waals surface area (Å²) in [6.45, 7) is 0.161. The zero-order valence-electron chi connectivity index (χ0n) is 11.1. The summed E-state index contributed by atoms with van der Waals surface area (Å²) in [6, 6.07) is 10.5. The molecule has 1 aromatic carbocycles. The van der Waals surface area contributed by atoms with Gasteiger partial charge in [-0.3, -0.25) is 4.79 Å². The lowest BCUT2D eigenvalue weighted by atomic mass is 10.1. The molecule has 0 aliphatic heterocycles. The summed E-state index contributed by atoms with van der Waals surface area (Å²) in [4.78, 5) is 12.2. The summed E-state index contributed by atoms with van der Waals surface area (Å²) in [6.07, 6.45) is 4.04. The first kappa shape index (κ1) is 12.7. The molecule has 3 atom stereocenters. The van der Waals surface area contributed by atoms with Crippen molar-refractivity contribution >= 4 is 5.91 Å². The van der Waals surface area contributed by atoms with Crippen LogP contribution in [0.4, 0.5) is 0 Å². The number of hydrogen-bond donors (Lipinski definition) is 2. The number of rotatable bonds is 6. The second kappa shape index (κ2) is 5.33. The molecule has 3 rings (SSSR count). The molecule has 0 aromatic heterocycles. The Balaban J connectivity index is 1.54. The van der Waals surface area contributed by atoms with Crippen molar-refractivity contribution in [2.75, 3.05) is 6.61 Å². The van der Waals surface area contributed by atoms with Gasteiger partial charge in [0, 0.05) is 18.6 Å². The molecule has 3 unspecified atom stereocenters. The van der Waals surface area contributed by atoms with Crippen LogP contribution in [0.15, 0.2) is 30.3 Å². The quantitative estimate of drug-likeness (QED) is 0.821. The molecule has 0 heterocycles. The minimum absolute atomic E-state index is 0.141. The minimum Gasteiger partial charge on any atom is -0.396 e. The number of nitrogens with one attached hydrogen (secondary N) is 1. The molecule has 2 aliphatic carbocycles. The fourth-order valence-corrected chi connectivity index (χ4v) is 2.91. The normalized spacial score (nSPS) is 26.8. The maximum atomic E-state index is 12.2. The third kappa shape index (κ3) is 2.98. The van der Waals surface area contributed by atoms with Gasteiger partial charge in [0.15, 0.2) is 0 Å². The number of carbonyl (C=O) groups is 1. The summed E-state index contributed by atoms with van der Waals surface area (Å²) in [5.74, 6) is 1.32. The van der Waals surface area contributed by atoms with Gasteiger partial charge in [-0.15, -0.1) is 0 Å².